The molecule has 0 heterocycles. The third-order valence-electron chi connectivity index (χ3n) is 3.66. The Balaban J connectivity index is 1.67. The molecule has 0 aliphatic carbocycles. The van der Waals surface area contributed by atoms with Crippen molar-refractivity contribution in [3.63, 3.8) is 0 Å². The van der Waals surface area contributed by atoms with E-state index in [0.29, 0.717) is 13.2 Å². The average Bonchev–Trinajstić information content (AvgIpc) is 2.72. The van der Waals surface area contributed by atoms with Crippen LogP contribution in [0.4, 0.5) is 11.4 Å². The second-order valence-corrected chi connectivity index (χ2v) is 5.67. The van der Waals surface area contributed by atoms with E-state index in [1.165, 1.54) is 6.08 Å². The standard InChI is InChI=1S/C21H24N2O4/c1-3-21(24)27-16-6-4-5-15-26-20-13-9-18(10-14-20)23-22-17-7-11-19(25-2)12-8-17/h3,7-14H,1,4-6,15-16H2,2H3. The highest BCUT2D eigenvalue weighted by Crippen LogP contribution is 2.23. The third-order valence-corrected chi connectivity index (χ3v) is 3.66. The summed E-state index contributed by atoms with van der Waals surface area (Å²) in [5.41, 5.74) is 1.51. The predicted molar refractivity (Wildman–Crippen MR) is 104 cm³/mol. The minimum Gasteiger partial charge on any atom is -0.497 e. The van der Waals surface area contributed by atoms with Crippen LogP contribution < -0.4 is 9.47 Å². The van der Waals surface area contributed by atoms with Crippen LogP contribution in [-0.4, -0.2) is 26.3 Å². The molecule has 0 atom stereocenters. The normalized spacial score (nSPS) is 10.6. The molecule has 0 fully saturated rings. The predicted octanol–water partition coefficient (Wildman–Crippen LogP) is 5.39. The van der Waals surface area contributed by atoms with Crippen molar-refractivity contribution in [2.75, 3.05) is 20.3 Å². The summed E-state index contributed by atoms with van der Waals surface area (Å²) < 4.78 is 15.7. The largest absolute Gasteiger partial charge is 0.497 e. The number of esters is 1. The van der Waals surface area contributed by atoms with Crippen LogP contribution in [0.5, 0.6) is 11.5 Å². The van der Waals surface area contributed by atoms with Crippen molar-refractivity contribution in [3.05, 3.63) is 61.2 Å². The number of hydrogen-bond donors (Lipinski definition) is 0. The van der Waals surface area contributed by atoms with E-state index in [0.717, 1.165) is 42.1 Å². The number of hydrogen-bond acceptors (Lipinski definition) is 6. The Hall–Kier alpha value is -3.15. The fraction of sp³-hybridized carbons (Fsp3) is 0.286. The molecule has 6 nitrogen and oxygen atoms in total. The van der Waals surface area contributed by atoms with Gasteiger partial charge in [0.15, 0.2) is 0 Å². The molecule has 0 N–H and O–H groups in total. The van der Waals surface area contributed by atoms with E-state index in [1.807, 2.05) is 48.5 Å². The smallest absolute Gasteiger partial charge is 0.330 e. The van der Waals surface area contributed by atoms with Crippen LogP contribution in [0.25, 0.3) is 0 Å². The third kappa shape index (κ3) is 7.73. The summed E-state index contributed by atoms with van der Waals surface area (Å²) in [6, 6.07) is 14.8. The molecule has 0 saturated carbocycles. The number of carbonyl (C=O) groups is 1. The molecule has 27 heavy (non-hydrogen) atoms. The summed E-state index contributed by atoms with van der Waals surface area (Å²) >= 11 is 0. The van der Waals surface area contributed by atoms with Crippen molar-refractivity contribution in [3.8, 4) is 11.5 Å². The zero-order chi connectivity index (χ0) is 19.3. The first-order valence-corrected chi connectivity index (χ1v) is 8.79. The minimum atomic E-state index is -0.379. The molecule has 0 bridgehead atoms. The zero-order valence-electron chi connectivity index (χ0n) is 15.5. The highest BCUT2D eigenvalue weighted by molar-refractivity contribution is 5.81. The van der Waals surface area contributed by atoms with Crippen LogP contribution in [0, 0.1) is 0 Å². The Labute approximate surface area is 159 Å². The maximum absolute atomic E-state index is 10.9. The van der Waals surface area contributed by atoms with Gasteiger partial charge in [-0.05, 0) is 67.8 Å². The van der Waals surface area contributed by atoms with Crippen LogP contribution in [0.1, 0.15) is 19.3 Å². The second-order valence-electron chi connectivity index (χ2n) is 5.67. The van der Waals surface area contributed by atoms with E-state index >= 15 is 0 Å². The fourth-order valence-electron chi connectivity index (χ4n) is 2.18. The molecule has 0 unspecified atom stereocenters. The lowest BCUT2D eigenvalue weighted by atomic mass is 10.2. The molecule has 0 radical (unpaired) electrons. The van der Waals surface area contributed by atoms with Crippen molar-refractivity contribution >= 4 is 17.3 Å². The van der Waals surface area contributed by atoms with Gasteiger partial charge in [-0.3, -0.25) is 0 Å². The molecule has 2 aromatic rings. The molecule has 0 aliphatic rings. The molecular weight excluding hydrogens is 344 g/mol. The highest BCUT2D eigenvalue weighted by atomic mass is 16.5. The SMILES string of the molecule is C=CC(=O)OCCCCCOc1ccc(N=Nc2ccc(OC)cc2)cc1. The van der Waals surface area contributed by atoms with Gasteiger partial charge in [0.25, 0.3) is 0 Å². The van der Waals surface area contributed by atoms with Gasteiger partial charge in [0.05, 0.1) is 31.7 Å². The molecule has 0 spiro atoms. The van der Waals surface area contributed by atoms with E-state index in [-0.39, 0.29) is 5.97 Å². The van der Waals surface area contributed by atoms with Gasteiger partial charge in [-0.25, -0.2) is 4.79 Å². The van der Waals surface area contributed by atoms with Crippen LogP contribution in [-0.2, 0) is 9.53 Å². The van der Waals surface area contributed by atoms with Crippen molar-refractivity contribution < 1.29 is 19.0 Å². The van der Waals surface area contributed by atoms with Gasteiger partial charge in [-0.15, -0.1) is 0 Å². The van der Waals surface area contributed by atoms with E-state index in [9.17, 15) is 4.79 Å². The molecule has 0 amide bonds. The number of unbranched alkanes of at least 4 members (excludes halogenated alkanes) is 2. The maximum atomic E-state index is 10.9. The van der Waals surface area contributed by atoms with Gasteiger partial charge in [0.1, 0.15) is 11.5 Å². The van der Waals surface area contributed by atoms with Crippen molar-refractivity contribution in [2.24, 2.45) is 10.2 Å². The van der Waals surface area contributed by atoms with Crippen molar-refractivity contribution in [2.45, 2.75) is 19.3 Å². The lowest BCUT2D eigenvalue weighted by molar-refractivity contribution is -0.137. The number of methoxy groups -OCH3 is 1. The van der Waals surface area contributed by atoms with Crippen LogP contribution >= 0.6 is 0 Å². The number of ether oxygens (including phenoxy) is 3. The highest BCUT2D eigenvalue weighted by Gasteiger charge is 1.98. The van der Waals surface area contributed by atoms with Crippen molar-refractivity contribution in [1.29, 1.82) is 0 Å². The molecule has 142 valence electrons. The Morgan fingerprint density at radius 1 is 0.889 bits per heavy atom. The van der Waals surface area contributed by atoms with Crippen LogP contribution in [0.15, 0.2) is 71.4 Å². The first-order valence-electron chi connectivity index (χ1n) is 8.79. The lowest BCUT2D eigenvalue weighted by Crippen LogP contribution is -2.03. The Morgan fingerprint density at radius 2 is 1.44 bits per heavy atom. The zero-order valence-corrected chi connectivity index (χ0v) is 15.5. The summed E-state index contributed by atoms with van der Waals surface area (Å²) in [7, 11) is 1.63. The van der Waals surface area contributed by atoms with Gasteiger partial charge in [-0.2, -0.15) is 10.2 Å². The number of benzene rings is 2. The summed E-state index contributed by atoms with van der Waals surface area (Å²) in [4.78, 5) is 10.9. The van der Waals surface area contributed by atoms with Crippen LogP contribution in [0.2, 0.25) is 0 Å². The number of rotatable bonds is 11. The van der Waals surface area contributed by atoms with Gasteiger partial charge in [0.2, 0.25) is 0 Å². The molecule has 2 rings (SSSR count). The molecular formula is C21H24N2O4. The summed E-state index contributed by atoms with van der Waals surface area (Å²) in [6.07, 6.45) is 3.81. The first kappa shape index (κ1) is 20.2. The average molecular weight is 368 g/mol. The van der Waals surface area contributed by atoms with Crippen LogP contribution in [0.3, 0.4) is 0 Å². The Kier molecular flexibility index (Phi) is 8.56. The van der Waals surface area contributed by atoms with Gasteiger partial charge in [-0.1, -0.05) is 6.58 Å². The van der Waals surface area contributed by atoms with E-state index in [2.05, 4.69) is 16.8 Å². The number of azo groups is 1. The van der Waals surface area contributed by atoms with Crippen molar-refractivity contribution in [1.82, 2.24) is 0 Å². The molecule has 6 heteroatoms. The Morgan fingerprint density at radius 3 is 2.00 bits per heavy atom. The molecule has 0 aromatic heterocycles. The number of nitrogens with zero attached hydrogens (tertiary/aromatic N) is 2. The molecule has 0 saturated heterocycles. The maximum Gasteiger partial charge on any atom is 0.330 e. The first-order chi connectivity index (χ1) is 13.2. The topological polar surface area (TPSA) is 69.5 Å². The Bertz CT molecular complexity index is 740. The van der Waals surface area contributed by atoms with E-state index < -0.39 is 0 Å². The molecule has 0 aliphatic heterocycles. The quantitative estimate of drug-likeness (QED) is 0.231. The van der Waals surface area contributed by atoms with E-state index in [1.54, 1.807) is 7.11 Å². The monoisotopic (exact) mass is 368 g/mol. The summed E-state index contributed by atoms with van der Waals surface area (Å²) in [5, 5.41) is 8.40. The summed E-state index contributed by atoms with van der Waals surface area (Å²) in [6.45, 7) is 4.38. The van der Waals surface area contributed by atoms with Gasteiger partial charge in [0, 0.05) is 6.08 Å². The minimum absolute atomic E-state index is 0.379. The van der Waals surface area contributed by atoms with E-state index in [4.69, 9.17) is 14.2 Å². The molecule has 2 aromatic carbocycles. The lowest BCUT2D eigenvalue weighted by Gasteiger charge is -2.06. The summed E-state index contributed by atoms with van der Waals surface area (Å²) in [5.74, 6) is 1.19. The second kappa shape index (κ2) is 11.5. The van der Waals surface area contributed by atoms with Gasteiger partial charge >= 0.3 is 5.97 Å². The fourth-order valence-corrected chi connectivity index (χ4v) is 2.18. The van der Waals surface area contributed by atoms with Gasteiger partial charge < -0.3 is 14.2 Å². The number of carbonyl (C=O) groups excluding carboxylic acids is 1.